The van der Waals surface area contributed by atoms with E-state index >= 15 is 0 Å². The summed E-state index contributed by atoms with van der Waals surface area (Å²) in [5.74, 6) is 0.793. The second-order valence-electron chi connectivity index (χ2n) is 7.72. The highest BCUT2D eigenvalue weighted by molar-refractivity contribution is 5.94. The highest BCUT2D eigenvalue weighted by atomic mass is 16.5. The SMILES string of the molecule is CCCCN1CCCCC1CNC(=O)c1ccc(OCC2CCCO2)cc1. The van der Waals surface area contributed by atoms with Crippen LogP contribution in [-0.2, 0) is 4.74 Å². The first kappa shape index (κ1) is 20.2. The molecule has 0 bridgehead atoms. The number of rotatable bonds is 9. The lowest BCUT2D eigenvalue weighted by Crippen LogP contribution is -2.47. The van der Waals surface area contributed by atoms with Crippen molar-refractivity contribution in [2.45, 2.75) is 64.0 Å². The van der Waals surface area contributed by atoms with Crippen LogP contribution < -0.4 is 10.1 Å². The molecule has 0 saturated carbocycles. The molecule has 1 N–H and O–H groups in total. The topological polar surface area (TPSA) is 50.8 Å². The minimum atomic E-state index is 0.00157. The molecule has 150 valence electrons. The van der Waals surface area contributed by atoms with E-state index in [2.05, 4.69) is 17.1 Å². The first-order valence-electron chi connectivity index (χ1n) is 10.6. The Labute approximate surface area is 163 Å². The van der Waals surface area contributed by atoms with Crippen LogP contribution in [0, 0.1) is 0 Å². The van der Waals surface area contributed by atoms with Gasteiger partial charge in [0.1, 0.15) is 12.4 Å². The Morgan fingerprint density at radius 1 is 1.22 bits per heavy atom. The third-order valence-electron chi connectivity index (χ3n) is 5.62. The van der Waals surface area contributed by atoms with Crippen LogP contribution in [0.15, 0.2) is 24.3 Å². The van der Waals surface area contributed by atoms with Gasteiger partial charge < -0.3 is 14.8 Å². The van der Waals surface area contributed by atoms with Gasteiger partial charge in [0.05, 0.1) is 6.10 Å². The predicted octanol–water partition coefficient (Wildman–Crippen LogP) is 3.63. The lowest BCUT2D eigenvalue weighted by atomic mass is 10.0. The average molecular weight is 375 g/mol. The molecule has 1 amide bonds. The molecule has 2 aliphatic rings. The van der Waals surface area contributed by atoms with E-state index in [4.69, 9.17) is 9.47 Å². The molecule has 1 aromatic carbocycles. The Bertz CT molecular complexity index is 569. The second kappa shape index (κ2) is 10.7. The van der Waals surface area contributed by atoms with Crippen LogP contribution in [0.5, 0.6) is 5.75 Å². The minimum Gasteiger partial charge on any atom is -0.491 e. The summed E-state index contributed by atoms with van der Waals surface area (Å²) in [6, 6.07) is 7.91. The lowest BCUT2D eigenvalue weighted by molar-refractivity contribution is 0.0679. The zero-order valence-electron chi connectivity index (χ0n) is 16.6. The van der Waals surface area contributed by atoms with Gasteiger partial charge in [0.25, 0.3) is 5.91 Å². The molecule has 2 fully saturated rings. The fraction of sp³-hybridized carbons (Fsp3) is 0.682. The summed E-state index contributed by atoms with van der Waals surface area (Å²) in [5.41, 5.74) is 0.690. The molecule has 2 heterocycles. The molecule has 0 radical (unpaired) electrons. The van der Waals surface area contributed by atoms with E-state index in [0.717, 1.165) is 44.8 Å². The Hall–Kier alpha value is -1.59. The lowest BCUT2D eigenvalue weighted by Gasteiger charge is -2.35. The van der Waals surface area contributed by atoms with Gasteiger partial charge in [0.2, 0.25) is 0 Å². The Balaban J connectivity index is 1.44. The van der Waals surface area contributed by atoms with Crippen LogP contribution in [-0.4, -0.2) is 55.8 Å². The van der Waals surface area contributed by atoms with Crippen molar-refractivity contribution < 1.29 is 14.3 Å². The van der Waals surface area contributed by atoms with Crippen molar-refractivity contribution in [1.82, 2.24) is 10.2 Å². The maximum atomic E-state index is 12.5. The van der Waals surface area contributed by atoms with Crippen LogP contribution in [0.3, 0.4) is 0 Å². The predicted molar refractivity (Wildman–Crippen MR) is 107 cm³/mol. The molecule has 5 heteroatoms. The van der Waals surface area contributed by atoms with Gasteiger partial charge in [-0.1, -0.05) is 19.8 Å². The van der Waals surface area contributed by atoms with E-state index in [1.54, 1.807) is 0 Å². The van der Waals surface area contributed by atoms with Crippen LogP contribution in [0.1, 0.15) is 62.2 Å². The molecule has 0 aromatic heterocycles. The maximum Gasteiger partial charge on any atom is 0.251 e. The van der Waals surface area contributed by atoms with E-state index in [-0.39, 0.29) is 12.0 Å². The third kappa shape index (κ3) is 6.22. The van der Waals surface area contributed by atoms with Crippen molar-refractivity contribution >= 4 is 5.91 Å². The number of benzene rings is 1. The normalized spacial score (nSPS) is 23.3. The summed E-state index contributed by atoms with van der Waals surface area (Å²) >= 11 is 0. The Morgan fingerprint density at radius 2 is 2.07 bits per heavy atom. The van der Waals surface area contributed by atoms with Gasteiger partial charge in [-0.05, 0) is 69.5 Å². The second-order valence-corrected chi connectivity index (χ2v) is 7.72. The number of unbranched alkanes of at least 4 members (excludes halogenated alkanes) is 1. The van der Waals surface area contributed by atoms with Crippen molar-refractivity contribution in [1.29, 1.82) is 0 Å². The first-order valence-corrected chi connectivity index (χ1v) is 10.6. The Morgan fingerprint density at radius 3 is 2.81 bits per heavy atom. The van der Waals surface area contributed by atoms with Crippen LogP contribution in [0.25, 0.3) is 0 Å². The van der Waals surface area contributed by atoms with Gasteiger partial charge in [-0.15, -0.1) is 0 Å². The monoisotopic (exact) mass is 374 g/mol. The molecule has 2 atom stereocenters. The summed E-state index contributed by atoms with van der Waals surface area (Å²) in [5, 5.41) is 3.13. The molecular weight excluding hydrogens is 340 g/mol. The number of amides is 1. The van der Waals surface area contributed by atoms with E-state index in [1.807, 2.05) is 24.3 Å². The molecule has 0 spiro atoms. The quantitative estimate of drug-likeness (QED) is 0.717. The standard InChI is InChI=1S/C22H34N2O3/c1-2-3-13-24-14-5-4-7-19(24)16-23-22(25)18-9-11-20(12-10-18)27-17-21-8-6-15-26-21/h9-12,19,21H,2-8,13-17H2,1H3,(H,23,25). The molecule has 5 nitrogen and oxygen atoms in total. The van der Waals surface area contributed by atoms with Gasteiger partial charge >= 0.3 is 0 Å². The molecular formula is C22H34N2O3. The number of nitrogens with zero attached hydrogens (tertiary/aromatic N) is 1. The third-order valence-corrected chi connectivity index (χ3v) is 5.62. The highest BCUT2D eigenvalue weighted by Gasteiger charge is 2.22. The number of nitrogens with one attached hydrogen (secondary N) is 1. The number of hydrogen-bond acceptors (Lipinski definition) is 4. The van der Waals surface area contributed by atoms with Crippen molar-refractivity contribution in [3.8, 4) is 5.75 Å². The molecule has 1 aromatic rings. The number of hydrogen-bond donors (Lipinski definition) is 1. The molecule has 27 heavy (non-hydrogen) atoms. The summed E-state index contributed by atoms with van der Waals surface area (Å²) in [6.07, 6.45) is 8.57. The first-order chi connectivity index (χ1) is 13.3. The molecule has 2 unspecified atom stereocenters. The fourth-order valence-corrected chi connectivity index (χ4v) is 3.93. The zero-order valence-corrected chi connectivity index (χ0v) is 16.6. The zero-order chi connectivity index (χ0) is 18.9. The van der Waals surface area contributed by atoms with Crippen LogP contribution in [0.4, 0.5) is 0 Å². The number of carbonyl (C=O) groups is 1. The molecule has 0 aliphatic carbocycles. The number of likely N-dealkylation sites (tertiary alicyclic amines) is 1. The largest absolute Gasteiger partial charge is 0.491 e. The van der Waals surface area contributed by atoms with Gasteiger partial charge in [-0.25, -0.2) is 0 Å². The summed E-state index contributed by atoms with van der Waals surface area (Å²) in [6.45, 7) is 6.70. The summed E-state index contributed by atoms with van der Waals surface area (Å²) < 4.78 is 11.3. The van der Waals surface area contributed by atoms with Gasteiger partial charge in [0, 0.05) is 24.8 Å². The smallest absolute Gasteiger partial charge is 0.251 e. The van der Waals surface area contributed by atoms with E-state index < -0.39 is 0 Å². The van der Waals surface area contributed by atoms with Crippen molar-refractivity contribution in [3.63, 3.8) is 0 Å². The summed E-state index contributed by atoms with van der Waals surface area (Å²) in [7, 11) is 0. The molecule has 3 rings (SSSR count). The van der Waals surface area contributed by atoms with Gasteiger partial charge in [0.15, 0.2) is 0 Å². The Kier molecular flexibility index (Phi) is 7.96. The van der Waals surface area contributed by atoms with Gasteiger partial charge in [-0.3, -0.25) is 9.69 Å². The number of piperidine rings is 1. The van der Waals surface area contributed by atoms with E-state index in [1.165, 1.54) is 32.1 Å². The van der Waals surface area contributed by atoms with Crippen molar-refractivity contribution in [2.75, 3.05) is 32.8 Å². The van der Waals surface area contributed by atoms with Crippen molar-refractivity contribution in [3.05, 3.63) is 29.8 Å². The van der Waals surface area contributed by atoms with E-state index in [9.17, 15) is 4.79 Å². The van der Waals surface area contributed by atoms with Crippen molar-refractivity contribution in [2.24, 2.45) is 0 Å². The van der Waals surface area contributed by atoms with E-state index in [0.29, 0.717) is 18.2 Å². The number of ether oxygens (including phenoxy) is 2. The summed E-state index contributed by atoms with van der Waals surface area (Å²) in [4.78, 5) is 15.0. The highest BCUT2D eigenvalue weighted by Crippen LogP contribution is 2.18. The molecule has 2 saturated heterocycles. The van der Waals surface area contributed by atoms with Crippen LogP contribution >= 0.6 is 0 Å². The maximum absolute atomic E-state index is 12.5. The van der Waals surface area contributed by atoms with Gasteiger partial charge in [-0.2, -0.15) is 0 Å². The molecule has 2 aliphatic heterocycles. The fourth-order valence-electron chi connectivity index (χ4n) is 3.93. The number of carbonyl (C=O) groups excluding carboxylic acids is 1. The van der Waals surface area contributed by atoms with Crippen LogP contribution in [0.2, 0.25) is 0 Å². The average Bonchev–Trinajstić information content (AvgIpc) is 3.23. The minimum absolute atomic E-state index is 0.00157.